The normalized spacial score (nSPS) is 18.4. The molecule has 0 aliphatic carbocycles. The van der Waals surface area contributed by atoms with Gasteiger partial charge in [0.2, 0.25) is 0 Å². The highest BCUT2D eigenvalue weighted by molar-refractivity contribution is 8.01. The van der Waals surface area contributed by atoms with Gasteiger partial charge in [-0.05, 0) is 45.7 Å². The van der Waals surface area contributed by atoms with Crippen LogP contribution in [0.4, 0.5) is 0 Å². The predicted octanol–water partition coefficient (Wildman–Crippen LogP) is 3.45. The Morgan fingerprint density at radius 1 is 1.00 bits per heavy atom. The molecule has 0 fully saturated rings. The fraction of sp³-hybridized carbons (Fsp3) is 0.333. The predicted molar refractivity (Wildman–Crippen MR) is 94.1 cm³/mol. The van der Waals surface area contributed by atoms with Gasteiger partial charge in [-0.25, -0.2) is 13.4 Å². The van der Waals surface area contributed by atoms with Crippen molar-refractivity contribution in [1.29, 1.82) is 0 Å². The molecule has 1 aliphatic rings. The Morgan fingerprint density at radius 3 is 2.12 bits per heavy atom. The van der Waals surface area contributed by atoms with Crippen LogP contribution in [-0.2, 0) is 14.6 Å². The van der Waals surface area contributed by atoms with Crippen LogP contribution in [0.25, 0.3) is 10.7 Å². The van der Waals surface area contributed by atoms with Crippen molar-refractivity contribution in [2.24, 2.45) is 0 Å². The minimum Gasteiger partial charge on any atom is -0.504 e. The van der Waals surface area contributed by atoms with E-state index in [-0.39, 0.29) is 22.1 Å². The van der Waals surface area contributed by atoms with Gasteiger partial charge in [-0.15, -0.1) is 0 Å². The van der Waals surface area contributed by atoms with Gasteiger partial charge in [-0.1, -0.05) is 17.7 Å². The van der Waals surface area contributed by atoms with Crippen LogP contribution in [-0.4, -0.2) is 23.5 Å². The van der Waals surface area contributed by atoms with E-state index in [1.54, 1.807) is 13.8 Å². The van der Waals surface area contributed by atoms with Crippen LogP contribution in [0.1, 0.15) is 47.5 Å². The molecule has 24 heavy (non-hydrogen) atoms. The zero-order valence-corrected chi connectivity index (χ0v) is 15.2. The van der Waals surface area contributed by atoms with Gasteiger partial charge < -0.3 is 5.11 Å². The first-order chi connectivity index (χ1) is 11.1. The number of aliphatic hydroxyl groups is 1. The van der Waals surface area contributed by atoms with Gasteiger partial charge in [0, 0.05) is 18.0 Å². The molecule has 5 nitrogen and oxygen atoms in total. The molecule has 126 valence electrons. The largest absolute Gasteiger partial charge is 0.504 e. The van der Waals surface area contributed by atoms with Crippen LogP contribution in [0.2, 0.25) is 0 Å². The van der Waals surface area contributed by atoms with Gasteiger partial charge in [0.25, 0.3) is 0 Å². The van der Waals surface area contributed by atoms with E-state index in [0.29, 0.717) is 5.56 Å². The number of rotatable bonds is 1. The molecule has 2 heterocycles. The maximum absolute atomic E-state index is 13.3. The zero-order valence-electron chi connectivity index (χ0n) is 14.4. The summed E-state index contributed by atoms with van der Waals surface area (Å²) in [6.45, 7) is 8.86. The van der Waals surface area contributed by atoms with Gasteiger partial charge in [0.15, 0.2) is 15.6 Å². The Balaban J connectivity index is 2.48. The summed E-state index contributed by atoms with van der Waals surface area (Å²) < 4.78 is 25.3. The monoisotopic (exact) mass is 344 g/mol. The number of aryl methyl sites for hydroxylation is 3. The number of aromatic nitrogens is 2. The second-order valence-corrected chi connectivity index (χ2v) is 9.15. The van der Waals surface area contributed by atoms with Crippen molar-refractivity contribution in [2.75, 3.05) is 0 Å². The maximum Gasteiger partial charge on any atom is 0.193 e. The second-order valence-electron chi connectivity index (χ2n) is 6.72. The van der Waals surface area contributed by atoms with E-state index in [0.717, 1.165) is 16.7 Å². The average Bonchev–Trinajstić information content (AvgIpc) is 2.48. The van der Waals surface area contributed by atoms with Crippen molar-refractivity contribution in [1.82, 2.24) is 9.97 Å². The third-order valence-electron chi connectivity index (χ3n) is 4.55. The first-order valence-corrected chi connectivity index (χ1v) is 9.15. The van der Waals surface area contributed by atoms with Crippen LogP contribution in [0.15, 0.2) is 24.5 Å². The lowest BCUT2D eigenvalue weighted by molar-refractivity contribution is 0.498. The van der Waals surface area contributed by atoms with E-state index in [1.165, 1.54) is 12.4 Å². The van der Waals surface area contributed by atoms with E-state index in [2.05, 4.69) is 9.97 Å². The molecule has 0 atom stereocenters. The average molecular weight is 344 g/mol. The Morgan fingerprint density at radius 2 is 1.54 bits per heavy atom. The van der Waals surface area contributed by atoms with Gasteiger partial charge >= 0.3 is 0 Å². The highest BCUT2D eigenvalue weighted by Crippen LogP contribution is 2.47. The van der Waals surface area contributed by atoms with Crippen molar-refractivity contribution in [3.05, 3.63) is 58.2 Å². The molecular weight excluding hydrogens is 324 g/mol. The van der Waals surface area contributed by atoms with Crippen molar-refractivity contribution < 1.29 is 13.5 Å². The van der Waals surface area contributed by atoms with E-state index >= 15 is 0 Å². The lowest BCUT2D eigenvalue weighted by Crippen LogP contribution is -2.36. The molecule has 1 aromatic carbocycles. The molecular formula is C18H20N2O3S. The minimum atomic E-state index is -3.85. The van der Waals surface area contributed by atoms with Gasteiger partial charge in [-0.3, -0.25) is 4.98 Å². The number of fused-ring (bicyclic) bond motifs is 1. The minimum absolute atomic E-state index is 0.0597. The van der Waals surface area contributed by atoms with Gasteiger partial charge in [-0.2, -0.15) is 0 Å². The van der Waals surface area contributed by atoms with Crippen LogP contribution >= 0.6 is 0 Å². The lowest BCUT2D eigenvalue weighted by Gasteiger charge is -2.32. The van der Waals surface area contributed by atoms with Crippen molar-refractivity contribution >= 4 is 20.5 Å². The van der Waals surface area contributed by atoms with E-state index in [9.17, 15) is 13.5 Å². The number of hydrogen-bond acceptors (Lipinski definition) is 5. The molecule has 1 aromatic heterocycles. The molecule has 2 aromatic rings. The van der Waals surface area contributed by atoms with Crippen molar-refractivity contribution in [3.8, 4) is 0 Å². The highest BCUT2D eigenvalue weighted by Gasteiger charge is 2.49. The summed E-state index contributed by atoms with van der Waals surface area (Å²) in [5.74, 6) is -0.326. The molecule has 0 saturated heterocycles. The molecule has 0 saturated carbocycles. The fourth-order valence-corrected chi connectivity index (χ4v) is 5.22. The third kappa shape index (κ3) is 2.09. The number of hydrogen-bond donors (Lipinski definition) is 1. The molecule has 0 spiro atoms. The molecule has 6 heteroatoms. The SMILES string of the molecule is Cc1cc(C)c(C2=C(O)c3nccnc3C(C)(C)S2(=O)=O)c(C)c1. The lowest BCUT2D eigenvalue weighted by atomic mass is 9.97. The topological polar surface area (TPSA) is 80.2 Å². The highest BCUT2D eigenvalue weighted by atomic mass is 32.2. The summed E-state index contributed by atoms with van der Waals surface area (Å²) in [5, 5.41) is 10.8. The second kappa shape index (κ2) is 5.14. The molecule has 3 rings (SSSR count). The molecule has 1 N–H and O–H groups in total. The standard InChI is InChI=1S/C18H20N2O3S/c1-10-8-11(2)13(12(3)9-10)16-15(21)14-17(20-7-6-19-14)18(4,5)24(16,22)23/h6-9,21H,1-5H3. The van der Waals surface area contributed by atoms with Gasteiger partial charge in [0.05, 0.1) is 5.69 Å². The number of nitrogens with zero attached hydrogens (tertiary/aromatic N) is 2. The Hall–Kier alpha value is -2.21. The van der Waals surface area contributed by atoms with Crippen LogP contribution in [0, 0.1) is 20.8 Å². The summed E-state index contributed by atoms with van der Waals surface area (Å²) in [6.07, 6.45) is 2.90. The van der Waals surface area contributed by atoms with Crippen molar-refractivity contribution in [2.45, 2.75) is 39.4 Å². The zero-order chi connectivity index (χ0) is 17.9. The first-order valence-electron chi connectivity index (χ1n) is 7.67. The van der Waals surface area contributed by atoms with E-state index in [1.807, 2.05) is 32.9 Å². The smallest absolute Gasteiger partial charge is 0.193 e. The molecule has 0 radical (unpaired) electrons. The van der Waals surface area contributed by atoms with Crippen LogP contribution in [0.3, 0.4) is 0 Å². The van der Waals surface area contributed by atoms with E-state index < -0.39 is 14.6 Å². The van der Waals surface area contributed by atoms with Crippen molar-refractivity contribution in [3.63, 3.8) is 0 Å². The summed E-state index contributed by atoms with van der Waals surface area (Å²) in [6, 6.07) is 3.83. The Labute approximate surface area is 142 Å². The van der Waals surface area contributed by atoms with Crippen LogP contribution in [0.5, 0.6) is 0 Å². The first kappa shape index (κ1) is 16.6. The van der Waals surface area contributed by atoms with Crippen LogP contribution < -0.4 is 0 Å². The molecule has 0 unspecified atom stereocenters. The Kier molecular flexibility index (Phi) is 3.57. The third-order valence-corrected chi connectivity index (χ3v) is 7.02. The summed E-state index contributed by atoms with van der Waals surface area (Å²) in [7, 11) is -3.85. The summed E-state index contributed by atoms with van der Waals surface area (Å²) >= 11 is 0. The van der Waals surface area contributed by atoms with Gasteiger partial charge in [0.1, 0.15) is 15.3 Å². The Bertz CT molecular complexity index is 966. The molecule has 0 bridgehead atoms. The maximum atomic E-state index is 13.3. The number of sulfone groups is 1. The quantitative estimate of drug-likeness (QED) is 0.857. The fourth-order valence-electron chi connectivity index (χ4n) is 3.36. The molecule has 0 amide bonds. The number of aliphatic hydroxyl groups excluding tert-OH is 1. The molecule has 1 aliphatic heterocycles. The number of benzene rings is 1. The summed E-state index contributed by atoms with van der Waals surface area (Å²) in [5.41, 5.74) is 3.70. The summed E-state index contributed by atoms with van der Waals surface area (Å²) in [4.78, 5) is 8.29. The van der Waals surface area contributed by atoms with E-state index in [4.69, 9.17) is 0 Å².